The number of fused-ring (bicyclic) bond motifs is 1. The third-order valence-electron chi connectivity index (χ3n) is 4.41. The van der Waals surface area contributed by atoms with Crippen molar-refractivity contribution in [2.75, 3.05) is 25.1 Å². The Labute approximate surface area is 177 Å². The lowest BCUT2D eigenvalue weighted by molar-refractivity contribution is -0.143. The van der Waals surface area contributed by atoms with Crippen molar-refractivity contribution >= 4 is 40.8 Å². The van der Waals surface area contributed by atoms with Crippen LogP contribution >= 0.6 is 0 Å². The maximum atomic E-state index is 11.9. The number of hydrogen-bond acceptors (Lipinski definition) is 10. The number of carbonyl (C=O) groups is 3. The van der Waals surface area contributed by atoms with E-state index in [9.17, 15) is 14.4 Å². The molecule has 0 aliphatic heterocycles. The van der Waals surface area contributed by atoms with Crippen LogP contribution in [-0.2, 0) is 20.9 Å². The number of carboxylic acid groups (broad SMARTS) is 2. The van der Waals surface area contributed by atoms with Gasteiger partial charge in [0.15, 0.2) is 17.0 Å². The fraction of sp³-hybridized carbons (Fsp3) is 0.500. The zero-order chi connectivity index (χ0) is 23.0. The highest BCUT2D eigenvalue weighted by Gasteiger charge is 2.20. The number of aromatic nitrogens is 4. The number of nitrogen functional groups attached to an aromatic ring is 2. The van der Waals surface area contributed by atoms with E-state index in [0.717, 1.165) is 0 Å². The summed E-state index contributed by atoms with van der Waals surface area (Å²) in [5.41, 5.74) is 12.7. The van der Waals surface area contributed by atoms with Gasteiger partial charge in [0, 0.05) is 19.4 Å². The monoisotopic (exact) mass is 434 g/mol. The summed E-state index contributed by atoms with van der Waals surface area (Å²) in [7, 11) is 1.89. The summed E-state index contributed by atoms with van der Waals surface area (Å²) in [6.07, 6.45) is 2.49. The molecule has 2 aromatic rings. The van der Waals surface area contributed by atoms with Gasteiger partial charge in [-0.15, -0.1) is 0 Å². The molecule has 13 nitrogen and oxygen atoms in total. The lowest BCUT2D eigenvalue weighted by Gasteiger charge is -2.16. The molecule has 0 aromatic carbocycles. The van der Waals surface area contributed by atoms with Crippen LogP contribution in [0.5, 0.6) is 0 Å². The molecule has 0 saturated heterocycles. The average molecular weight is 434 g/mol. The first-order valence-corrected chi connectivity index (χ1v) is 9.62. The first-order chi connectivity index (χ1) is 14.7. The molecule has 2 rings (SSSR count). The zero-order valence-corrected chi connectivity index (χ0v) is 17.1. The van der Waals surface area contributed by atoms with Crippen LogP contribution in [0.2, 0.25) is 0 Å². The van der Waals surface area contributed by atoms with Crippen LogP contribution in [0, 0.1) is 0 Å². The summed E-state index contributed by atoms with van der Waals surface area (Å²) in [4.78, 5) is 52.1. The van der Waals surface area contributed by atoms with Crippen LogP contribution in [0.15, 0.2) is 6.20 Å². The van der Waals surface area contributed by atoms with Crippen molar-refractivity contribution in [3.8, 4) is 0 Å². The molecular formula is C18H26N8O5. The lowest BCUT2D eigenvalue weighted by atomic mass is 10.1. The summed E-state index contributed by atoms with van der Waals surface area (Å²) in [6.45, 7) is 1.16. The van der Waals surface area contributed by atoms with Gasteiger partial charge in [0.25, 0.3) is 0 Å². The van der Waals surface area contributed by atoms with E-state index in [1.165, 1.54) is 0 Å². The Morgan fingerprint density at radius 3 is 2.55 bits per heavy atom. The van der Waals surface area contributed by atoms with Crippen molar-refractivity contribution in [3.63, 3.8) is 0 Å². The van der Waals surface area contributed by atoms with Crippen LogP contribution < -0.4 is 16.8 Å². The number of rotatable bonds is 12. The van der Waals surface area contributed by atoms with Crippen LogP contribution in [-0.4, -0.2) is 72.5 Å². The Hall–Kier alpha value is -3.61. The van der Waals surface area contributed by atoms with Gasteiger partial charge in [-0.3, -0.25) is 9.59 Å². The smallest absolute Gasteiger partial charge is 0.326 e. The van der Waals surface area contributed by atoms with Crippen molar-refractivity contribution in [1.82, 2.24) is 30.2 Å². The third kappa shape index (κ3) is 7.62. The van der Waals surface area contributed by atoms with Crippen LogP contribution in [0.3, 0.4) is 0 Å². The molecule has 1 atom stereocenters. The van der Waals surface area contributed by atoms with E-state index >= 15 is 0 Å². The Morgan fingerprint density at radius 2 is 1.87 bits per heavy atom. The third-order valence-corrected chi connectivity index (χ3v) is 4.41. The highest BCUT2D eigenvalue weighted by atomic mass is 16.4. The number of hydrogen-bond donors (Lipinski definition) is 5. The number of nitrogens with one attached hydrogen (secondary N) is 1. The maximum absolute atomic E-state index is 11.9. The van der Waals surface area contributed by atoms with Crippen LogP contribution in [0.1, 0.15) is 37.8 Å². The number of unbranched alkanes of at least 4 members (excludes halogenated alkanes) is 1. The van der Waals surface area contributed by atoms with E-state index in [0.29, 0.717) is 42.8 Å². The molecule has 2 aromatic heterocycles. The van der Waals surface area contributed by atoms with Gasteiger partial charge in [0.2, 0.25) is 11.9 Å². The zero-order valence-electron chi connectivity index (χ0n) is 17.1. The SMILES string of the molecule is CN(CCCCC(=O)N[C@@H](CCC(=O)O)C(=O)O)Cc1cnc2nc(N)nc(N)c2n1. The fourth-order valence-corrected chi connectivity index (χ4v) is 2.87. The van der Waals surface area contributed by atoms with Crippen molar-refractivity contribution < 1.29 is 24.6 Å². The second-order valence-corrected chi connectivity index (χ2v) is 7.09. The normalized spacial score (nSPS) is 12.1. The molecule has 2 heterocycles. The Morgan fingerprint density at radius 1 is 1.13 bits per heavy atom. The van der Waals surface area contributed by atoms with E-state index < -0.39 is 23.9 Å². The van der Waals surface area contributed by atoms with E-state index in [1.807, 2.05) is 11.9 Å². The van der Waals surface area contributed by atoms with Gasteiger partial charge in [-0.1, -0.05) is 0 Å². The van der Waals surface area contributed by atoms with E-state index in [4.69, 9.17) is 21.7 Å². The maximum Gasteiger partial charge on any atom is 0.326 e. The number of aliphatic carboxylic acids is 2. The number of anilines is 2. The molecule has 0 aliphatic carbocycles. The Balaban J connectivity index is 1.76. The molecule has 31 heavy (non-hydrogen) atoms. The highest BCUT2D eigenvalue weighted by Crippen LogP contribution is 2.15. The van der Waals surface area contributed by atoms with Crippen molar-refractivity contribution in [2.24, 2.45) is 0 Å². The van der Waals surface area contributed by atoms with Gasteiger partial charge in [-0.25, -0.2) is 14.8 Å². The summed E-state index contributed by atoms with van der Waals surface area (Å²) in [6, 6.07) is -1.20. The van der Waals surface area contributed by atoms with Crippen molar-refractivity contribution in [3.05, 3.63) is 11.9 Å². The van der Waals surface area contributed by atoms with Gasteiger partial charge in [-0.2, -0.15) is 9.97 Å². The molecule has 0 bridgehead atoms. The van der Waals surface area contributed by atoms with Crippen LogP contribution in [0.25, 0.3) is 11.2 Å². The minimum Gasteiger partial charge on any atom is -0.481 e. The fourth-order valence-electron chi connectivity index (χ4n) is 2.87. The van der Waals surface area contributed by atoms with E-state index in [-0.39, 0.29) is 31.0 Å². The number of carboxylic acids is 2. The molecule has 0 aliphatic rings. The Kier molecular flexibility index (Phi) is 8.37. The second-order valence-electron chi connectivity index (χ2n) is 7.09. The quantitative estimate of drug-likeness (QED) is 0.271. The van der Waals surface area contributed by atoms with E-state index in [2.05, 4.69) is 25.3 Å². The van der Waals surface area contributed by atoms with Gasteiger partial charge in [0.1, 0.15) is 6.04 Å². The molecule has 13 heteroatoms. The molecule has 0 spiro atoms. The van der Waals surface area contributed by atoms with Crippen molar-refractivity contribution in [1.29, 1.82) is 0 Å². The summed E-state index contributed by atoms with van der Waals surface area (Å²) in [5.74, 6) is -2.59. The number of nitrogens with zero attached hydrogens (tertiary/aromatic N) is 5. The summed E-state index contributed by atoms with van der Waals surface area (Å²) >= 11 is 0. The van der Waals surface area contributed by atoms with Gasteiger partial charge in [0.05, 0.1) is 11.9 Å². The molecule has 0 saturated carbocycles. The summed E-state index contributed by atoms with van der Waals surface area (Å²) < 4.78 is 0. The predicted octanol–water partition coefficient (Wildman–Crippen LogP) is -0.379. The number of nitrogens with two attached hydrogens (primary N) is 2. The molecule has 0 fully saturated rings. The number of carbonyl (C=O) groups excluding carboxylic acids is 1. The topological polar surface area (TPSA) is 211 Å². The molecule has 1 amide bonds. The molecule has 0 unspecified atom stereocenters. The first kappa shape index (κ1) is 23.7. The van der Waals surface area contributed by atoms with Gasteiger partial charge >= 0.3 is 11.9 Å². The van der Waals surface area contributed by atoms with Crippen molar-refractivity contribution in [2.45, 2.75) is 44.7 Å². The molecule has 168 valence electrons. The minimum absolute atomic E-state index is 0.0322. The largest absolute Gasteiger partial charge is 0.481 e. The minimum atomic E-state index is -1.25. The highest BCUT2D eigenvalue weighted by molar-refractivity contribution is 5.84. The van der Waals surface area contributed by atoms with Crippen LogP contribution in [0.4, 0.5) is 11.8 Å². The van der Waals surface area contributed by atoms with Gasteiger partial charge < -0.3 is 31.9 Å². The first-order valence-electron chi connectivity index (χ1n) is 9.62. The van der Waals surface area contributed by atoms with E-state index in [1.54, 1.807) is 6.20 Å². The van der Waals surface area contributed by atoms with Gasteiger partial charge in [-0.05, 0) is 32.9 Å². The molecule has 0 radical (unpaired) electrons. The number of amides is 1. The average Bonchev–Trinajstić information content (AvgIpc) is 2.68. The lowest BCUT2D eigenvalue weighted by Crippen LogP contribution is -2.41. The Bertz CT molecular complexity index is 954. The standard InChI is InChI=1S/C18H26N8O5/c1-26(9-10-8-21-16-14(22-10)15(19)24-18(20)25-16)7-3-2-4-12(27)23-11(17(30)31)5-6-13(28)29/h8,11H,2-7,9H2,1H3,(H,23,27)(H,28,29)(H,30,31)(H4,19,20,21,24,25)/t11-/m0/s1. The second kappa shape index (κ2) is 11.0. The molecule has 7 N–H and O–H groups in total. The predicted molar refractivity (Wildman–Crippen MR) is 111 cm³/mol. The molecular weight excluding hydrogens is 408 g/mol. The summed E-state index contributed by atoms with van der Waals surface area (Å²) in [5, 5.41) is 20.1.